The van der Waals surface area contributed by atoms with Crippen molar-refractivity contribution in [3.8, 4) is 0 Å². The highest BCUT2D eigenvalue weighted by Gasteiger charge is 2.14. The van der Waals surface area contributed by atoms with Crippen molar-refractivity contribution in [3.63, 3.8) is 0 Å². The lowest BCUT2D eigenvalue weighted by atomic mass is 10.1. The molecule has 0 bridgehead atoms. The second kappa shape index (κ2) is 7.20. The number of hydrogen-bond donors (Lipinski definition) is 1. The molecule has 1 amide bonds. The van der Waals surface area contributed by atoms with E-state index in [4.69, 9.17) is 0 Å². The van der Waals surface area contributed by atoms with Gasteiger partial charge in [-0.15, -0.1) is 0 Å². The minimum absolute atomic E-state index is 0.0379. The number of carbonyl (C=O) groups excluding carboxylic acids is 1. The van der Waals surface area contributed by atoms with Crippen LogP contribution < -0.4 is 5.32 Å². The van der Waals surface area contributed by atoms with Crippen molar-refractivity contribution in [1.29, 1.82) is 0 Å². The maximum absolute atomic E-state index is 12.6. The topological polar surface area (TPSA) is 45.2 Å². The number of nitrogens with one attached hydrogen (secondary N) is 1. The highest BCUT2D eigenvalue weighted by atomic mass is 79.9. The van der Waals surface area contributed by atoms with Gasteiger partial charge in [-0.3, -0.25) is 9.78 Å². The van der Waals surface area contributed by atoms with Gasteiger partial charge in [-0.25, -0.2) is 0 Å². The molecule has 4 nitrogen and oxygen atoms in total. The number of nitrogens with zero attached hydrogens (tertiary/aromatic N) is 2. The fraction of sp³-hybridized carbons (Fsp3) is 0.412. The van der Waals surface area contributed by atoms with Crippen LogP contribution in [0.1, 0.15) is 29.4 Å². The Bertz CT molecular complexity index is 680. The van der Waals surface area contributed by atoms with E-state index in [0.29, 0.717) is 5.56 Å². The fourth-order valence-electron chi connectivity index (χ4n) is 2.35. The van der Waals surface area contributed by atoms with Crippen LogP contribution in [0.2, 0.25) is 0 Å². The summed E-state index contributed by atoms with van der Waals surface area (Å²) < 4.78 is 0.962. The van der Waals surface area contributed by atoms with Crippen molar-refractivity contribution in [2.45, 2.75) is 26.3 Å². The van der Waals surface area contributed by atoms with Crippen molar-refractivity contribution < 1.29 is 4.79 Å². The number of halogens is 1. The average molecular weight is 364 g/mol. The van der Waals surface area contributed by atoms with Gasteiger partial charge in [0.15, 0.2) is 0 Å². The Balaban J connectivity index is 2.24. The molecular weight excluding hydrogens is 342 g/mol. The van der Waals surface area contributed by atoms with E-state index in [1.54, 1.807) is 0 Å². The number of rotatable bonds is 5. The summed E-state index contributed by atoms with van der Waals surface area (Å²) in [6, 6.07) is 7.80. The van der Waals surface area contributed by atoms with Crippen LogP contribution in [0.5, 0.6) is 0 Å². The Kier molecular flexibility index (Phi) is 5.53. The number of aryl methyl sites for hydroxylation is 1. The molecule has 22 heavy (non-hydrogen) atoms. The predicted octanol–water partition coefficient (Wildman–Crippen LogP) is 3.38. The molecule has 2 rings (SSSR count). The Hall–Kier alpha value is -1.46. The highest BCUT2D eigenvalue weighted by Crippen LogP contribution is 2.22. The van der Waals surface area contributed by atoms with Crippen LogP contribution in [0, 0.1) is 6.92 Å². The van der Waals surface area contributed by atoms with Gasteiger partial charge in [-0.05, 0) is 59.1 Å². The Morgan fingerprint density at radius 3 is 2.77 bits per heavy atom. The van der Waals surface area contributed by atoms with E-state index >= 15 is 0 Å². The molecule has 1 atom stereocenters. The van der Waals surface area contributed by atoms with Crippen LogP contribution in [-0.2, 0) is 0 Å². The van der Waals surface area contributed by atoms with Crippen molar-refractivity contribution in [1.82, 2.24) is 15.2 Å². The summed E-state index contributed by atoms with van der Waals surface area (Å²) in [5.41, 5.74) is 2.36. The van der Waals surface area contributed by atoms with Crippen molar-refractivity contribution in [2.75, 3.05) is 20.6 Å². The van der Waals surface area contributed by atoms with E-state index in [2.05, 4.69) is 31.1 Å². The van der Waals surface area contributed by atoms with E-state index in [0.717, 1.165) is 34.0 Å². The average Bonchev–Trinajstić information content (AvgIpc) is 2.43. The zero-order valence-electron chi connectivity index (χ0n) is 13.5. The Labute approximate surface area is 140 Å². The minimum atomic E-state index is -0.0379. The molecule has 0 aliphatic carbocycles. The van der Waals surface area contributed by atoms with Gasteiger partial charge in [-0.2, -0.15) is 0 Å². The van der Waals surface area contributed by atoms with Crippen LogP contribution in [0.4, 0.5) is 0 Å². The molecule has 0 aliphatic heterocycles. The van der Waals surface area contributed by atoms with Gasteiger partial charge in [0.2, 0.25) is 0 Å². The minimum Gasteiger partial charge on any atom is -0.350 e. The number of carbonyl (C=O) groups is 1. The van der Waals surface area contributed by atoms with Gasteiger partial charge in [0.1, 0.15) is 0 Å². The number of hydrogen-bond acceptors (Lipinski definition) is 3. The third kappa shape index (κ3) is 4.27. The van der Waals surface area contributed by atoms with Crippen molar-refractivity contribution in [3.05, 3.63) is 40.0 Å². The molecule has 0 aliphatic rings. The normalized spacial score (nSPS) is 12.6. The van der Waals surface area contributed by atoms with Crippen LogP contribution in [0.3, 0.4) is 0 Å². The first-order valence-electron chi connectivity index (χ1n) is 7.39. The summed E-state index contributed by atoms with van der Waals surface area (Å²) in [6.07, 6.45) is 0.923. The van der Waals surface area contributed by atoms with Gasteiger partial charge >= 0.3 is 0 Å². The van der Waals surface area contributed by atoms with Gasteiger partial charge in [-0.1, -0.05) is 22.0 Å². The standard InChI is InChI=1S/C17H22BrN3O/c1-11(7-8-21(3)4)20-17(22)15-9-12(2)19-16-10-13(18)5-6-14(15)16/h5-6,9-11H,7-8H2,1-4H3,(H,20,22). The molecule has 5 heteroatoms. The molecule has 0 fully saturated rings. The third-order valence-electron chi connectivity index (χ3n) is 3.53. The maximum atomic E-state index is 12.6. The molecule has 118 valence electrons. The van der Waals surface area contributed by atoms with Gasteiger partial charge < -0.3 is 10.2 Å². The lowest BCUT2D eigenvalue weighted by Gasteiger charge is -2.17. The van der Waals surface area contributed by atoms with E-state index < -0.39 is 0 Å². The van der Waals surface area contributed by atoms with Crippen LogP contribution in [-0.4, -0.2) is 42.5 Å². The molecule has 1 aromatic heterocycles. The predicted molar refractivity (Wildman–Crippen MR) is 94.3 cm³/mol. The lowest BCUT2D eigenvalue weighted by molar-refractivity contribution is 0.0938. The quantitative estimate of drug-likeness (QED) is 0.885. The van der Waals surface area contributed by atoms with E-state index in [1.165, 1.54) is 0 Å². The third-order valence-corrected chi connectivity index (χ3v) is 4.02. The highest BCUT2D eigenvalue weighted by molar-refractivity contribution is 9.10. The van der Waals surface area contributed by atoms with E-state index in [1.807, 2.05) is 52.2 Å². The lowest BCUT2D eigenvalue weighted by Crippen LogP contribution is -2.35. The number of aromatic nitrogens is 1. The largest absolute Gasteiger partial charge is 0.350 e. The first-order chi connectivity index (χ1) is 10.4. The zero-order chi connectivity index (χ0) is 16.3. The second-order valence-electron chi connectivity index (χ2n) is 5.94. The van der Waals surface area contributed by atoms with Crippen molar-refractivity contribution >= 4 is 32.7 Å². The summed E-state index contributed by atoms with van der Waals surface area (Å²) in [4.78, 5) is 19.2. The summed E-state index contributed by atoms with van der Waals surface area (Å²) in [5.74, 6) is -0.0379. The van der Waals surface area contributed by atoms with Crippen LogP contribution >= 0.6 is 15.9 Å². The molecule has 0 saturated carbocycles. The van der Waals surface area contributed by atoms with E-state index in [-0.39, 0.29) is 11.9 Å². The first-order valence-corrected chi connectivity index (χ1v) is 8.18. The second-order valence-corrected chi connectivity index (χ2v) is 6.85. The van der Waals surface area contributed by atoms with E-state index in [9.17, 15) is 4.79 Å². The maximum Gasteiger partial charge on any atom is 0.252 e. The zero-order valence-corrected chi connectivity index (χ0v) is 15.1. The SMILES string of the molecule is Cc1cc(C(=O)NC(C)CCN(C)C)c2ccc(Br)cc2n1. The number of pyridine rings is 1. The summed E-state index contributed by atoms with van der Waals surface area (Å²) in [7, 11) is 4.07. The van der Waals surface area contributed by atoms with Crippen LogP contribution in [0.25, 0.3) is 10.9 Å². The van der Waals surface area contributed by atoms with Gasteiger partial charge in [0.05, 0.1) is 11.1 Å². The smallest absolute Gasteiger partial charge is 0.252 e. The molecule has 0 spiro atoms. The molecule has 1 N–H and O–H groups in total. The molecular formula is C17H22BrN3O. The molecule has 1 aromatic carbocycles. The van der Waals surface area contributed by atoms with Crippen molar-refractivity contribution in [2.24, 2.45) is 0 Å². The summed E-state index contributed by atoms with van der Waals surface area (Å²) >= 11 is 3.45. The Morgan fingerprint density at radius 2 is 2.09 bits per heavy atom. The summed E-state index contributed by atoms with van der Waals surface area (Å²) in [5, 5.41) is 3.96. The number of fused-ring (bicyclic) bond motifs is 1. The number of amides is 1. The molecule has 2 aromatic rings. The Morgan fingerprint density at radius 1 is 1.36 bits per heavy atom. The number of benzene rings is 1. The monoisotopic (exact) mass is 363 g/mol. The van der Waals surface area contributed by atoms with Gasteiger partial charge in [0.25, 0.3) is 5.91 Å². The molecule has 0 saturated heterocycles. The molecule has 1 unspecified atom stereocenters. The summed E-state index contributed by atoms with van der Waals surface area (Å²) in [6.45, 7) is 4.89. The molecule has 1 heterocycles. The molecule has 0 radical (unpaired) electrons. The van der Waals surface area contributed by atoms with Crippen LogP contribution in [0.15, 0.2) is 28.7 Å². The van der Waals surface area contributed by atoms with Gasteiger partial charge in [0, 0.05) is 21.6 Å². The first kappa shape index (κ1) is 16.9. The fourth-order valence-corrected chi connectivity index (χ4v) is 2.70.